The van der Waals surface area contributed by atoms with Gasteiger partial charge in [-0.15, -0.1) is 0 Å². The zero-order valence-corrected chi connectivity index (χ0v) is 14.6. The summed E-state index contributed by atoms with van der Waals surface area (Å²) in [5.74, 6) is -0.441. The van der Waals surface area contributed by atoms with Gasteiger partial charge in [0.15, 0.2) is 0 Å². The van der Waals surface area contributed by atoms with Crippen molar-refractivity contribution in [3.8, 4) is 0 Å². The lowest BCUT2D eigenvalue weighted by atomic mass is 9.87. The van der Waals surface area contributed by atoms with Gasteiger partial charge in [-0.05, 0) is 52.6 Å². The molecule has 1 rings (SSSR count). The van der Waals surface area contributed by atoms with Gasteiger partial charge in [-0.3, -0.25) is 4.79 Å². The first kappa shape index (κ1) is 17.4. The van der Waals surface area contributed by atoms with Crippen molar-refractivity contribution in [2.45, 2.75) is 46.5 Å². The molecule has 0 aliphatic carbocycles. The first-order chi connectivity index (χ1) is 9.35. The molecule has 0 aliphatic rings. The molecule has 0 radical (unpaired) electrons. The number of hydrogen-bond acceptors (Lipinski definition) is 1. The fourth-order valence-electron chi connectivity index (χ4n) is 2.03. The Bertz CT molecular complexity index is 460. The highest BCUT2D eigenvalue weighted by Crippen LogP contribution is 2.23. The van der Waals surface area contributed by atoms with E-state index in [1.54, 1.807) is 0 Å². The number of benzene rings is 1. The molecule has 0 aromatic heterocycles. The Morgan fingerprint density at radius 3 is 2.65 bits per heavy atom. The summed E-state index contributed by atoms with van der Waals surface area (Å²) >= 11 is 1.99. The maximum Gasteiger partial charge on any atom is 0.252 e. The number of nitrogens with one attached hydrogen (secondary N) is 1. The molecule has 0 aliphatic heterocycles. The van der Waals surface area contributed by atoms with E-state index in [1.807, 2.05) is 22.6 Å². The van der Waals surface area contributed by atoms with Crippen LogP contribution in [0.5, 0.6) is 0 Å². The molecule has 4 heteroatoms. The van der Waals surface area contributed by atoms with Crippen molar-refractivity contribution in [2.75, 3.05) is 6.54 Å². The zero-order chi connectivity index (χ0) is 15.2. The van der Waals surface area contributed by atoms with Crippen LogP contribution in [0.3, 0.4) is 0 Å². The van der Waals surface area contributed by atoms with Gasteiger partial charge < -0.3 is 5.32 Å². The van der Waals surface area contributed by atoms with Gasteiger partial charge in [0.05, 0.1) is 5.56 Å². The lowest BCUT2D eigenvalue weighted by Crippen LogP contribution is -2.34. The second-order valence-electron chi connectivity index (χ2n) is 5.93. The molecule has 2 nitrogen and oxygen atoms in total. The van der Waals surface area contributed by atoms with Crippen molar-refractivity contribution in [3.05, 3.63) is 33.1 Å². The molecular weight excluding hydrogens is 368 g/mol. The van der Waals surface area contributed by atoms with Crippen molar-refractivity contribution in [1.29, 1.82) is 0 Å². The lowest BCUT2D eigenvalue weighted by molar-refractivity contribution is 0.0933. The van der Waals surface area contributed by atoms with E-state index in [0.717, 1.165) is 6.42 Å². The van der Waals surface area contributed by atoms with Crippen LogP contribution in [0.2, 0.25) is 0 Å². The Labute approximate surface area is 134 Å². The van der Waals surface area contributed by atoms with Gasteiger partial charge in [-0.1, -0.05) is 40.0 Å². The summed E-state index contributed by atoms with van der Waals surface area (Å²) in [6.45, 7) is 7.16. The predicted molar refractivity (Wildman–Crippen MR) is 89.4 cm³/mol. The minimum Gasteiger partial charge on any atom is -0.351 e. The largest absolute Gasteiger partial charge is 0.351 e. The molecular formula is C16H23FINO. The molecule has 0 saturated carbocycles. The van der Waals surface area contributed by atoms with Gasteiger partial charge in [-0.2, -0.15) is 0 Å². The molecule has 0 bridgehead atoms. The van der Waals surface area contributed by atoms with Crippen LogP contribution < -0.4 is 5.32 Å². The third kappa shape index (κ3) is 5.77. The molecule has 0 atom stereocenters. The van der Waals surface area contributed by atoms with Crippen molar-refractivity contribution in [3.63, 3.8) is 0 Å². The quantitative estimate of drug-likeness (QED) is 0.527. The van der Waals surface area contributed by atoms with Crippen LogP contribution in [0.25, 0.3) is 0 Å². The molecule has 0 heterocycles. The summed E-state index contributed by atoms with van der Waals surface area (Å²) in [5, 5.41) is 2.96. The highest BCUT2D eigenvalue weighted by molar-refractivity contribution is 14.1. The van der Waals surface area contributed by atoms with Gasteiger partial charge in [0.25, 0.3) is 5.91 Å². The fourth-order valence-corrected chi connectivity index (χ4v) is 2.75. The van der Waals surface area contributed by atoms with Crippen molar-refractivity contribution in [2.24, 2.45) is 5.41 Å². The Hall–Kier alpha value is -0.650. The first-order valence-electron chi connectivity index (χ1n) is 7.09. The Morgan fingerprint density at radius 1 is 1.35 bits per heavy atom. The van der Waals surface area contributed by atoms with Gasteiger partial charge in [0, 0.05) is 10.1 Å². The topological polar surface area (TPSA) is 29.1 Å². The third-order valence-corrected chi connectivity index (χ3v) is 4.25. The molecule has 20 heavy (non-hydrogen) atoms. The van der Waals surface area contributed by atoms with Crippen molar-refractivity contribution in [1.82, 2.24) is 5.32 Å². The van der Waals surface area contributed by atoms with Crippen LogP contribution in [-0.4, -0.2) is 12.5 Å². The summed E-state index contributed by atoms with van der Waals surface area (Å²) in [7, 11) is 0. The fraction of sp³-hybridized carbons (Fsp3) is 0.562. The van der Waals surface area contributed by atoms with Crippen LogP contribution in [0.4, 0.5) is 4.39 Å². The molecule has 112 valence electrons. The van der Waals surface area contributed by atoms with E-state index in [2.05, 4.69) is 26.1 Å². The maximum atomic E-state index is 13.0. The van der Waals surface area contributed by atoms with E-state index in [0.29, 0.717) is 15.7 Å². The summed E-state index contributed by atoms with van der Waals surface area (Å²) in [6.07, 6.45) is 4.72. The highest BCUT2D eigenvalue weighted by atomic mass is 127. The molecule has 0 saturated heterocycles. The molecule has 0 spiro atoms. The van der Waals surface area contributed by atoms with Gasteiger partial charge in [0.1, 0.15) is 5.82 Å². The van der Waals surface area contributed by atoms with Crippen LogP contribution in [0, 0.1) is 14.8 Å². The van der Waals surface area contributed by atoms with Crippen LogP contribution in [0.1, 0.15) is 56.8 Å². The molecule has 1 aromatic rings. The van der Waals surface area contributed by atoms with E-state index in [9.17, 15) is 9.18 Å². The van der Waals surface area contributed by atoms with Crippen LogP contribution in [0.15, 0.2) is 18.2 Å². The van der Waals surface area contributed by atoms with Gasteiger partial charge in [-0.25, -0.2) is 4.39 Å². The van der Waals surface area contributed by atoms with E-state index < -0.39 is 0 Å². The molecule has 1 aromatic carbocycles. The molecule has 1 amide bonds. The van der Waals surface area contributed by atoms with Crippen LogP contribution >= 0.6 is 22.6 Å². The monoisotopic (exact) mass is 391 g/mol. The number of unbranched alkanes of at least 4 members (excludes halogenated alkanes) is 2. The van der Waals surface area contributed by atoms with Gasteiger partial charge in [0.2, 0.25) is 0 Å². The van der Waals surface area contributed by atoms with E-state index >= 15 is 0 Å². The van der Waals surface area contributed by atoms with Crippen LogP contribution in [-0.2, 0) is 0 Å². The summed E-state index contributed by atoms with van der Waals surface area (Å²) in [5.41, 5.74) is 0.632. The number of halogens is 2. The van der Waals surface area contributed by atoms with Crippen molar-refractivity contribution < 1.29 is 9.18 Å². The van der Waals surface area contributed by atoms with E-state index in [1.165, 1.54) is 37.5 Å². The SMILES string of the molecule is CCCCCC(C)(C)CNC(=O)c1ccc(F)cc1I. The maximum absolute atomic E-state index is 13.0. The molecule has 0 fully saturated rings. The predicted octanol–water partition coefficient (Wildman–Crippen LogP) is 4.77. The lowest BCUT2D eigenvalue weighted by Gasteiger charge is -2.25. The molecule has 0 unspecified atom stereocenters. The first-order valence-corrected chi connectivity index (χ1v) is 8.17. The summed E-state index contributed by atoms with van der Waals surface area (Å²) in [4.78, 5) is 12.1. The average molecular weight is 391 g/mol. The van der Waals surface area contributed by atoms with E-state index in [-0.39, 0.29) is 17.1 Å². The number of carbonyl (C=O) groups is 1. The smallest absolute Gasteiger partial charge is 0.252 e. The average Bonchev–Trinajstić information content (AvgIpc) is 2.36. The highest BCUT2D eigenvalue weighted by Gasteiger charge is 2.19. The zero-order valence-electron chi connectivity index (χ0n) is 12.4. The van der Waals surface area contributed by atoms with E-state index in [4.69, 9.17) is 0 Å². The van der Waals surface area contributed by atoms with Gasteiger partial charge >= 0.3 is 0 Å². The second kappa shape index (κ2) is 7.96. The summed E-state index contributed by atoms with van der Waals surface area (Å²) in [6, 6.07) is 4.24. The minimum absolute atomic E-state index is 0.0935. The standard InChI is InChI=1S/C16H23FINO/c1-4-5-6-9-16(2,3)11-19-15(20)13-8-7-12(17)10-14(13)18/h7-8,10H,4-6,9,11H2,1-3H3,(H,19,20). The summed E-state index contributed by atoms with van der Waals surface area (Å²) < 4.78 is 13.7. The normalized spacial score (nSPS) is 11.4. The number of carbonyl (C=O) groups excluding carboxylic acids is 1. The van der Waals surface area contributed by atoms with Crippen molar-refractivity contribution >= 4 is 28.5 Å². The minimum atomic E-state index is -0.314. The second-order valence-corrected chi connectivity index (χ2v) is 7.09. The number of amides is 1. The molecule has 1 N–H and O–H groups in total. The Kier molecular flexibility index (Phi) is 6.92. The Morgan fingerprint density at radius 2 is 2.05 bits per heavy atom. The number of hydrogen-bond donors (Lipinski definition) is 1. The third-order valence-electron chi connectivity index (χ3n) is 3.36. The Balaban J connectivity index is 2.54. The number of rotatable bonds is 7.